The third-order valence-corrected chi connectivity index (χ3v) is 5.02. The Labute approximate surface area is 167 Å². The van der Waals surface area contributed by atoms with E-state index in [1.54, 1.807) is 30.9 Å². The van der Waals surface area contributed by atoms with Crippen molar-refractivity contribution in [1.29, 1.82) is 0 Å². The molecule has 1 aliphatic rings. The fourth-order valence-corrected chi connectivity index (χ4v) is 3.12. The molecule has 1 amide bonds. The summed E-state index contributed by atoms with van der Waals surface area (Å²) in [4.78, 5) is 15.0. The topological polar surface area (TPSA) is 59.4 Å². The Kier molecular flexibility index (Phi) is 6.00. The number of halogens is 3. The molecule has 0 spiro atoms. The van der Waals surface area contributed by atoms with Crippen LogP contribution in [-0.4, -0.2) is 46.9 Å². The molecule has 2 aromatic rings. The molecule has 29 heavy (non-hydrogen) atoms. The number of hydrogen-bond acceptors (Lipinski definition) is 4. The van der Waals surface area contributed by atoms with Gasteiger partial charge >= 0.3 is 6.18 Å². The van der Waals surface area contributed by atoms with Crippen molar-refractivity contribution in [3.63, 3.8) is 0 Å². The molecule has 0 bridgehead atoms. The lowest BCUT2D eigenvalue weighted by atomic mass is 10.0. The van der Waals surface area contributed by atoms with E-state index in [0.29, 0.717) is 44.1 Å². The number of ether oxygens (including phenoxy) is 1. The maximum absolute atomic E-state index is 13.2. The van der Waals surface area contributed by atoms with Crippen LogP contribution in [0.1, 0.15) is 30.5 Å². The summed E-state index contributed by atoms with van der Waals surface area (Å²) in [6, 6.07) is 3.42. The van der Waals surface area contributed by atoms with Gasteiger partial charge in [-0.2, -0.15) is 18.3 Å². The number of alkyl halides is 3. The van der Waals surface area contributed by atoms with E-state index in [0.717, 1.165) is 17.7 Å². The summed E-state index contributed by atoms with van der Waals surface area (Å²) in [5, 5.41) is 7.00. The summed E-state index contributed by atoms with van der Waals surface area (Å²) >= 11 is 0. The lowest BCUT2D eigenvalue weighted by Crippen LogP contribution is -2.41. The van der Waals surface area contributed by atoms with E-state index in [-0.39, 0.29) is 5.91 Å². The van der Waals surface area contributed by atoms with Crippen LogP contribution in [0.15, 0.2) is 30.6 Å². The molecule has 0 atom stereocenters. The highest BCUT2D eigenvalue weighted by atomic mass is 19.4. The zero-order valence-electron chi connectivity index (χ0n) is 16.7. The number of aromatic nitrogens is 2. The standard InChI is InChI=1S/C20H25F3N4O2/c1-14-11-24-27(12-14)19(2,3)18(28)25-17-5-4-16(20(21,22)23)10-15(17)13-26-6-8-29-9-7-26/h4-5,10-12H,6-9,13H2,1-3H3,(H,25,28). The first-order valence-electron chi connectivity index (χ1n) is 9.41. The SMILES string of the molecule is Cc1cnn(C(C)(C)C(=O)Nc2ccc(C(F)(F)F)cc2CN2CCOCC2)c1. The summed E-state index contributed by atoms with van der Waals surface area (Å²) in [7, 11) is 0. The van der Waals surface area contributed by atoms with Crippen molar-refractivity contribution in [3.8, 4) is 0 Å². The minimum atomic E-state index is -4.45. The van der Waals surface area contributed by atoms with Crippen LogP contribution < -0.4 is 5.32 Å². The van der Waals surface area contributed by atoms with E-state index in [2.05, 4.69) is 10.4 Å². The Hall–Kier alpha value is -2.39. The molecule has 0 radical (unpaired) electrons. The van der Waals surface area contributed by atoms with Gasteiger partial charge in [0.1, 0.15) is 5.54 Å². The predicted octanol–water partition coefficient (Wildman–Crippen LogP) is 3.42. The molecule has 1 aromatic carbocycles. The molecule has 6 nitrogen and oxygen atoms in total. The van der Waals surface area contributed by atoms with Gasteiger partial charge in [-0.25, -0.2) is 0 Å². The second kappa shape index (κ2) is 8.16. The van der Waals surface area contributed by atoms with Gasteiger partial charge in [0.05, 0.1) is 25.0 Å². The number of amides is 1. The summed E-state index contributed by atoms with van der Waals surface area (Å²) in [5.74, 6) is -0.358. The van der Waals surface area contributed by atoms with Gasteiger partial charge in [0.15, 0.2) is 0 Å². The fourth-order valence-electron chi connectivity index (χ4n) is 3.12. The molecule has 1 aliphatic heterocycles. The highest BCUT2D eigenvalue weighted by molar-refractivity contribution is 5.96. The van der Waals surface area contributed by atoms with E-state index in [1.165, 1.54) is 6.07 Å². The Bertz CT molecular complexity index is 871. The maximum atomic E-state index is 13.2. The molecule has 2 heterocycles. The number of rotatable bonds is 5. The van der Waals surface area contributed by atoms with Crippen LogP contribution in [0.25, 0.3) is 0 Å². The molecule has 1 aromatic heterocycles. The Morgan fingerprint density at radius 2 is 1.93 bits per heavy atom. The van der Waals surface area contributed by atoms with E-state index < -0.39 is 17.3 Å². The van der Waals surface area contributed by atoms with E-state index in [9.17, 15) is 18.0 Å². The molecule has 0 saturated carbocycles. The highest BCUT2D eigenvalue weighted by Crippen LogP contribution is 2.33. The third kappa shape index (κ3) is 4.97. The van der Waals surface area contributed by atoms with Crippen LogP contribution in [0.4, 0.5) is 18.9 Å². The van der Waals surface area contributed by atoms with Crippen molar-refractivity contribution in [2.24, 2.45) is 0 Å². The molecular weight excluding hydrogens is 385 g/mol. The Morgan fingerprint density at radius 3 is 2.52 bits per heavy atom. The first-order chi connectivity index (χ1) is 13.6. The highest BCUT2D eigenvalue weighted by Gasteiger charge is 2.33. The number of carbonyl (C=O) groups is 1. The predicted molar refractivity (Wildman–Crippen MR) is 102 cm³/mol. The summed E-state index contributed by atoms with van der Waals surface area (Å²) in [6.45, 7) is 7.90. The molecule has 0 aliphatic carbocycles. The fraction of sp³-hybridized carbons (Fsp3) is 0.500. The third-order valence-electron chi connectivity index (χ3n) is 5.02. The summed E-state index contributed by atoms with van der Waals surface area (Å²) in [5.41, 5.74) is -0.0456. The summed E-state index contributed by atoms with van der Waals surface area (Å²) in [6.07, 6.45) is -1.05. The lowest BCUT2D eigenvalue weighted by molar-refractivity contribution is -0.137. The lowest BCUT2D eigenvalue weighted by Gasteiger charge is -2.29. The van der Waals surface area contributed by atoms with Gasteiger partial charge in [-0.05, 0) is 50.1 Å². The first-order valence-corrected chi connectivity index (χ1v) is 9.41. The smallest absolute Gasteiger partial charge is 0.379 e. The molecular formula is C20H25F3N4O2. The second-order valence-electron chi connectivity index (χ2n) is 7.73. The number of hydrogen-bond donors (Lipinski definition) is 1. The van der Waals surface area contributed by atoms with Crippen molar-refractivity contribution in [3.05, 3.63) is 47.3 Å². The number of carbonyl (C=O) groups excluding carboxylic acids is 1. The molecule has 1 saturated heterocycles. The van der Waals surface area contributed by atoms with Crippen molar-refractivity contribution in [1.82, 2.24) is 14.7 Å². The quantitative estimate of drug-likeness (QED) is 0.821. The van der Waals surface area contributed by atoms with Crippen molar-refractivity contribution >= 4 is 11.6 Å². The maximum Gasteiger partial charge on any atom is 0.416 e. The number of nitrogens with one attached hydrogen (secondary N) is 1. The molecule has 3 rings (SSSR count). The van der Waals surface area contributed by atoms with Crippen LogP contribution >= 0.6 is 0 Å². The number of aryl methyl sites for hydroxylation is 1. The van der Waals surface area contributed by atoms with Crippen molar-refractivity contribution < 1.29 is 22.7 Å². The van der Waals surface area contributed by atoms with Gasteiger partial charge < -0.3 is 10.1 Å². The summed E-state index contributed by atoms with van der Waals surface area (Å²) < 4.78 is 46.5. The van der Waals surface area contributed by atoms with Crippen molar-refractivity contribution in [2.75, 3.05) is 31.6 Å². The number of nitrogens with zero attached hydrogens (tertiary/aromatic N) is 3. The monoisotopic (exact) mass is 410 g/mol. The average Bonchev–Trinajstić information content (AvgIpc) is 3.10. The van der Waals surface area contributed by atoms with Crippen LogP contribution in [0.2, 0.25) is 0 Å². The van der Waals surface area contributed by atoms with Gasteiger partial charge in [-0.3, -0.25) is 14.4 Å². The number of anilines is 1. The molecule has 1 fully saturated rings. The minimum Gasteiger partial charge on any atom is -0.379 e. The van der Waals surface area contributed by atoms with E-state index in [1.807, 2.05) is 11.8 Å². The first kappa shape index (κ1) is 21.3. The number of morpholine rings is 1. The van der Waals surface area contributed by atoms with Gasteiger partial charge in [0.2, 0.25) is 0 Å². The van der Waals surface area contributed by atoms with Crippen LogP contribution in [-0.2, 0) is 27.8 Å². The van der Waals surface area contributed by atoms with Gasteiger partial charge in [0.25, 0.3) is 5.91 Å². The van der Waals surface area contributed by atoms with Gasteiger partial charge in [0, 0.05) is 31.5 Å². The molecule has 158 valence electrons. The molecule has 1 N–H and O–H groups in total. The van der Waals surface area contributed by atoms with Gasteiger partial charge in [-0.1, -0.05) is 0 Å². The van der Waals surface area contributed by atoms with Gasteiger partial charge in [-0.15, -0.1) is 0 Å². The number of benzene rings is 1. The van der Waals surface area contributed by atoms with Crippen LogP contribution in [0.3, 0.4) is 0 Å². The van der Waals surface area contributed by atoms with Crippen LogP contribution in [0, 0.1) is 6.92 Å². The zero-order chi connectivity index (χ0) is 21.2. The Balaban J connectivity index is 1.87. The Morgan fingerprint density at radius 1 is 1.24 bits per heavy atom. The van der Waals surface area contributed by atoms with Crippen molar-refractivity contribution in [2.45, 2.75) is 39.0 Å². The zero-order valence-corrected chi connectivity index (χ0v) is 16.7. The minimum absolute atomic E-state index is 0.296. The largest absolute Gasteiger partial charge is 0.416 e. The van der Waals surface area contributed by atoms with Crippen LogP contribution in [0.5, 0.6) is 0 Å². The molecule has 9 heteroatoms. The normalized spacial score (nSPS) is 16.1. The molecule has 0 unspecified atom stereocenters. The average molecular weight is 410 g/mol. The van der Waals surface area contributed by atoms with E-state index in [4.69, 9.17) is 4.74 Å². The van der Waals surface area contributed by atoms with E-state index >= 15 is 0 Å². The second-order valence-corrected chi connectivity index (χ2v) is 7.73.